The van der Waals surface area contributed by atoms with Crippen LogP contribution in [0.4, 0.5) is 0 Å². The van der Waals surface area contributed by atoms with E-state index in [1.165, 1.54) is 4.90 Å². The number of amides is 1. The predicted octanol–water partition coefficient (Wildman–Crippen LogP) is 2.17. The Balaban J connectivity index is 1.51. The summed E-state index contributed by atoms with van der Waals surface area (Å²) >= 11 is 0. The summed E-state index contributed by atoms with van der Waals surface area (Å²) in [6.07, 6.45) is 1.74. The molecule has 0 saturated heterocycles. The third kappa shape index (κ3) is 3.28. The van der Waals surface area contributed by atoms with E-state index in [0.717, 1.165) is 29.4 Å². The molecule has 7 heteroatoms. The van der Waals surface area contributed by atoms with E-state index >= 15 is 0 Å². The van der Waals surface area contributed by atoms with Crippen LogP contribution in [-0.4, -0.2) is 49.5 Å². The Hall–Kier alpha value is -3.22. The predicted molar refractivity (Wildman–Crippen MR) is 94.8 cm³/mol. The standard InChI is InChI=1S/C19H18N4O3/c24-18(25)12-22(15-9-10-15)19(26)14-7-5-13(6-8-14)11-23-17-4-2-1-3-16(17)20-21-23/h1-8,15H,9-12H2,(H,24,25). The van der Waals surface area contributed by atoms with E-state index in [4.69, 9.17) is 5.11 Å². The van der Waals surface area contributed by atoms with Gasteiger partial charge in [0.05, 0.1) is 12.1 Å². The van der Waals surface area contributed by atoms with Gasteiger partial charge in [-0.2, -0.15) is 0 Å². The van der Waals surface area contributed by atoms with Crippen molar-refractivity contribution in [3.05, 3.63) is 59.7 Å². The Morgan fingerprint density at radius 1 is 1.12 bits per heavy atom. The molecule has 4 rings (SSSR count). The van der Waals surface area contributed by atoms with Crippen LogP contribution < -0.4 is 0 Å². The zero-order valence-electron chi connectivity index (χ0n) is 14.1. The Labute approximate surface area is 149 Å². The summed E-state index contributed by atoms with van der Waals surface area (Å²) in [5.74, 6) is -1.22. The minimum absolute atomic E-state index is 0.0554. The average Bonchev–Trinajstić information content (AvgIpc) is 3.41. The number of hydrogen-bond donors (Lipinski definition) is 1. The molecule has 0 aliphatic heterocycles. The summed E-state index contributed by atoms with van der Waals surface area (Å²) in [6.45, 7) is 0.298. The van der Waals surface area contributed by atoms with Gasteiger partial charge in [0.2, 0.25) is 0 Å². The second-order valence-corrected chi connectivity index (χ2v) is 6.49. The average molecular weight is 350 g/mol. The molecule has 1 saturated carbocycles. The molecule has 2 aromatic carbocycles. The molecule has 132 valence electrons. The lowest BCUT2D eigenvalue weighted by molar-refractivity contribution is -0.137. The number of rotatable bonds is 6. The van der Waals surface area contributed by atoms with Gasteiger partial charge in [-0.1, -0.05) is 29.5 Å². The second kappa shape index (κ2) is 6.59. The summed E-state index contributed by atoms with van der Waals surface area (Å²) < 4.78 is 1.81. The van der Waals surface area contributed by atoms with Crippen LogP contribution in [0.5, 0.6) is 0 Å². The van der Waals surface area contributed by atoms with Crippen molar-refractivity contribution >= 4 is 22.9 Å². The zero-order valence-corrected chi connectivity index (χ0v) is 14.1. The van der Waals surface area contributed by atoms with E-state index in [0.29, 0.717) is 12.1 Å². The van der Waals surface area contributed by atoms with Crippen LogP contribution in [-0.2, 0) is 11.3 Å². The summed E-state index contributed by atoms with van der Waals surface area (Å²) in [5.41, 5.74) is 3.29. The van der Waals surface area contributed by atoms with Crippen molar-refractivity contribution in [2.75, 3.05) is 6.54 Å². The maximum Gasteiger partial charge on any atom is 0.323 e. The topological polar surface area (TPSA) is 88.3 Å². The van der Waals surface area contributed by atoms with Gasteiger partial charge in [0.25, 0.3) is 5.91 Å². The van der Waals surface area contributed by atoms with Crippen LogP contribution in [0.25, 0.3) is 11.0 Å². The molecule has 0 unspecified atom stereocenters. The van der Waals surface area contributed by atoms with E-state index in [1.54, 1.807) is 12.1 Å². The van der Waals surface area contributed by atoms with Crippen molar-refractivity contribution in [3.63, 3.8) is 0 Å². The lowest BCUT2D eigenvalue weighted by atomic mass is 10.1. The van der Waals surface area contributed by atoms with E-state index in [-0.39, 0.29) is 18.5 Å². The number of carbonyl (C=O) groups excluding carboxylic acids is 1. The van der Waals surface area contributed by atoms with Crippen LogP contribution in [0.15, 0.2) is 48.5 Å². The highest BCUT2D eigenvalue weighted by molar-refractivity contribution is 5.96. The molecule has 0 atom stereocenters. The van der Waals surface area contributed by atoms with Crippen molar-refractivity contribution in [1.29, 1.82) is 0 Å². The number of carbonyl (C=O) groups is 2. The Kier molecular flexibility index (Phi) is 4.12. The van der Waals surface area contributed by atoms with Gasteiger partial charge in [-0.05, 0) is 42.7 Å². The third-order valence-electron chi connectivity index (χ3n) is 4.51. The molecule has 0 spiro atoms. The molecule has 3 aromatic rings. The van der Waals surface area contributed by atoms with E-state index in [2.05, 4.69) is 10.3 Å². The smallest absolute Gasteiger partial charge is 0.323 e. The van der Waals surface area contributed by atoms with Crippen molar-refractivity contribution in [1.82, 2.24) is 19.9 Å². The monoisotopic (exact) mass is 350 g/mol. The lowest BCUT2D eigenvalue weighted by Crippen LogP contribution is -2.37. The number of fused-ring (bicyclic) bond motifs is 1. The van der Waals surface area contributed by atoms with Gasteiger partial charge in [0, 0.05) is 11.6 Å². The highest BCUT2D eigenvalue weighted by Gasteiger charge is 2.34. The first-order valence-corrected chi connectivity index (χ1v) is 8.52. The van der Waals surface area contributed by atoms with Crippen molar-refractivity contribution in [3.8, 4) is 0 Å². The van der Waals surface area contributed by atoms with Gasteiger partial charge in [-0.25, -0.2) is 4.68 Å². The summed E-state index contributed by atoms with van der Waals surface area (Å²) in [4.78, 5) is 25.1. The number of aliphatic carboxylic acids is 1. The Morgan fingerprint density at radius 3 is 2.54 bits per heavy atom. The van der Waals surface area contributed by atoms with Gasteiger partial charge < -0.3 is 10.0 Å². The number of benzene rings is 2. The van der Waals surface area contributed by atoms with E-state index in [9.17, 15) is 9.59 Å². The second-order valence-electron chi connectivity index (χ2n) is 6.49. The van der Waals surface area contributed by atoms with Gasteiger partial charge in [-0.15, -0.1) is 5.10 Å². The van der Waals surface area contributed by atoms with E-state index in [1.807, 2.05) is 41.1 Å². The largest absolute Gasteiger partial charge is 0.480 e. The minimum Gasteiger partial charge on any atom is -0.480 e. The number of para-hydroxylation sites is 1. The Bertz CT molecular complexity index is 960. The molecule has 1 aliphatic carbocycles. The molecule has 7 nitrogen and oxygen atoms in total. The van der Waals surface area contributed by atoms with E-state index < -0.39 is 5.97 Å². The molecular weight excluding hydrogens is 332 g/mol. The molecule has 1 aliphatic rings. The van der Waals surface area contributed by atoms with Crippen LogP contribution in [0.2, 0.25) is 0 Å². The van der Waals surface area contributed by atoms with Crippen molar-refractivity contribution < 1.29 is 14.7 Å². The summed E-state index contributed by atoms with van der Waals surface area (Å²) in [5, 5.41) is 17.3. The minimum atomic E-state index is -0.986. The number of carboxylic acid groups (broad SMARTS) is 1. The number of aromatic nitrogens is 3. The number of nitrogens with zero attached hydrogens (tertiary/aromatic N) is 4. The number of carboxylic acids is 1. The van der Waals surface area contributed by atoms with Gasteiger partial charge in [0.1, 0.15) is 12.1 Å². The molecule has 0 bridgehead atoms. The quantitative estimate of drug-likeness (QED) is 0.736. The fourth-order valence-electron chi connectivity index (χ4n) is 3.02. The number of hydrogen-bond acceptors (Lipinski definition) is 4. The molecule has 1 amide bonds. The maximum absolute atomic E-state index is 12.6. The molecule has 26 heavy (non-hydrogen) atoms. The zero-order chi connectivity index (χ0) is 18.1. The first-order valence-electron chi connectivity index (χ1n) is 8.52. The fraction of sp³-hybridized carbons (Fsp3) is 0.263. The van der Waals surface area contributed by atoms with Crippen LogP contribution >= 0.6 is 0 Å². The van der Waals surface area contributed by atoms with Crippen LogP contribution in [0.3, 0.4) is 0 Å². The fourth-order valence-corrected chi connectivity index (χ4v) is 3.02. The lowest BCUT2D eigenvalue weighted by Gasteiger charge is -2.20. The van der Waals surface area contributed by atoms with Gasteiger partial charge in [0.15, 0.2) is 0 Å². The third-order valence-corrected chi connectivity index (χ3v) is 4.51. The van der Waals surface area contributed by atoms with Crippen molar-refractivity contribution in [2.24, 2.45) is 0 Å². The van der Waals surface area contributed by atoms with Crippen molar-refractivity contribution in [2.45, 2.75) is 25.4 Å². The molecule has 1 heterocycles. The SMILES string of the molecule is O=C(O)CN(C(=O)c1ccc(Cn2nnc3ccccc32)cc1)C1CC1. The maximum atomic E-state index is 12.6. The van der Waals surface area contributed by atoms with Gasteiger partial charge in [-0.3, -0.25) is 9.59 Å². The molecule has 0 radical (unpaired) electrons. The summed E-state index contributed by atoms with van der Waals surface area (Å²) in [7, 11) is 0. The normalized spacial score (nSPS) is 13.7. The highest BCUT2D eigenvalue weighted by Crippen LogP contribution is 2.28. The molecular formula is C19H18N4O3. The summed E-state index contributed by atoms with van der Waals surface area (Å²) in [6, 6.07) is 15.0. The Morgan fingerprint density at radius 2 is 1.85 bits per heavy atom. The van der Waals surface area contributed by atoms with Crippen LogP contribution in [0.1, 0.15) is 28.8 Å². The molecule has 1 fully saturated rings. The van der Waals surface area contributed by atoms with Gasteiger partial charge >= 0.3 is 5.97 Å². The highest BCUT2D eigenvalue weighted by atomic mass is 16.4. The van der Waals surface area contributed by atoms with Crippen LogP contribution in [0, 0.1) is 0 Å². The molecule has 1 aromatic heterocycles. The first kappa shape index (κ1) is 16.3. The first-order chi connectivity index (χ1) is 12.6. The molecule has 1 N–H and O–H groups in total.